The maximum atomic E-state index is 12.9. The van der Waals surface area contributed by atoms with Crippen LogP contribution < -0.4 is 10.1 Å². The molecule has 2 aromatic carbocycles. The third-order valence-electron chi connectivity index (χ3n) is 4.62. The average Bonchev–Trinajstić information content (AvgIpc) is 2.63. The monoisotopic (exact) mass is 404 g/mol. The van der Waals surface area contributed by atoms with Crippen molar-refractivity contribution in [3.63, 3.8) is 0 Å². The standard InChI is InChI=1S/C21H28N2O4S/c1-15-11-12-19(13-16(15)2)27-14-17(3)22-21(24)20(23(4)28(5,25)26)18-9-7-6-8-10-18/h6-13,17,20H,14H2,1-5H3,(H,22,24)/t17-,20-/m1/s1. The Morgan fingerprint density at radius 1 is 1.11 bits per heavy atom. The smallest absolute Gasteiger partial charge is 0.243 e. The van der Waals surface area contributed by atoms with Gasteiger partial charge in [0.25, 0.3) is 0 Å². The molecule has 0 aliphatic carbocycles. The molecule has 152 valence electrons. The van der Waals surface area contributed by atoms with Crippen molar-refractivity contribution in [2.75, 3.05) is 19.9 Å². The summed E-state index contributed by atoms with van der Waals surface area (Å²) in [5, 5.41) is 2.86. The van der Waals surface area contributed by atoms with Crippen molar-refractivity contribution < 1.29 is 17.9 Å². The van der Waals surface area contributed by atoms with Gasteiger partial charge >= 0.3 is 0 Å². The second kappa shape index (κ2) is 9.21. The molecule has 2 atom stereocenters. The lowest BCUT2D eigenvalue weighted by atomic mass is 10.1. The number of hydrogen-bond donors (Lipinski definition) is 1. The number of nitrogens with zero attached hydrogens (tertiary/aromatic N) is 1. The number of nitrogens with one attached hydrogen (secondary N) is 1. The minimum absolute atomic E-state index is 0.276. The normalized spacial score (nSPS) is 13.8. The van der Waals surface area contributed by atoms with Crippen molar-refractivity contribution >= 4 is 15.9 Å². The van der Waals surface area contributed by atoms with Crippen LogP contribution >= 0.6 is 0 Å². The summed E-state index contributed by atoms with van der Waals surface area (Å²) in [6.07, 6.45) is 1.09. The summed E-state index contributed by atoms with van der Waals surface area (Å²) >= 11 is 0. The van der Waals surface area contributed by atoms with Gasteiger partial charge in [0, 0.05) is 7.05 Å². The van der Waals surface area contributed by atoms with Gasteiger partial charge in [0.1, 0.15) is 18.4 Å². The van der Waals surface area contributed by atoms with E-state index in [9.17, 15) is 13.2 Å². The van der Waals surface area contributed by atoms with Crippen molar-refractivity contribution in [2.45, 2.75) is 32.9 Å². The minimum atomic E-state index is -3.55. The lowest BCUT2D eigenvalue weighted by molar-refractivity contribution is -0.125. The molecule has 2 rings (SSSR count). The summed E-state index contributed by atoms with van der Waals surface area (Å²) in [5.74, 6) is 0.340. The fourth-order valence-corrected chi connectivity index (χ4v) is 3.34. The van der Waals surface area contributed by atoms with Crippen LogP contribution in [-0.4, -0.2) is 44.6 Å². The molecular weight excluding hydrogens is 376 g/mol. The molecule has 0 radical (unpaired) electrons. The Kier molecular flexibility index (Phi) is 7.21. The number of amides is 1. The van der Waals surface area contributed by atoms with Crippen molar-refractivity contribution in [2.24, 2.45) is 0 Å². The summed E-state index contributed by atoms with van der Waals surface area (Å²) in [5.41, 5.74) is 2.92. The summed E-state index contributed by atoms with van der Waals surface area (Å²) in [6.45, 7) is 6.14. The predicted molar refractivity (Wildman–Crippen MR) is 111 cm³/mol. The zero-order valence-electron chi connectivity index (χ0n) is 17.0. The number of aryl methyl sites for hydroxylation is 2. The van der Waals surface area contributed by atoms with Gasteiger partial charge in [-0.2, -0.15) is 4.31 Å². The summed E-state index contributed by atoms with van der Waals surface area (Å²) < 4.78 is 30.9. The fraction of sp³-hybridized carbons (Fsp3) is 0.381. The molecule has 28 heavy (non-hydrogen) atoms. The molecule has 0 aliphatic rings. The Balaban J connectivity index is 2.08. The van der Waals surface area contributed by atoms with E-state index in [1.165, 1.54) is 12.6 Å². The second-order valence-electron chi connectivity index (χ2n) is 7.06. The Morgan fingerprint density at radius 2 is 1.75 bits per heavy atom. The van der Waals surface area contributed by atoms with Crippen LogP contribution in [0.2, 0.25) is 0 Å². The first-order chi connectivity index (χ1) is 13.1. The van der Waals surface area contributed by atoms with Gasteiger partial charge in [0.05, 0.1) is 12.3 Å². The van der Waals surface area contributed by atoms with Gasteiger partial charge in [-0.15, -0.1) is 0 Å². The molecule has 7 heteroatoms. The fourth-order valence-electron chi connectivity index (χ4n) is 2.74. The van der Waals surface area contributed by atoms with Crippen molar-refractivity contribution in [3.05, 3.63) is 65.2 Å². The third kappa shape index (κ3) is 5.81. The molecule has 0 spiro atoms. The molecule has 2 aromatic rings. The third-order valence-corrected chi connectivity index (χ3v) is 5.87. The van der Waals surface area contributed by atoms with Gasteiger partial charge in [-0.3, -0.25) is 4.79 Å². The van der Waals surface area contributed by atoms with Crippen molar-refractivity contribution in [1.29, 1.82) is 0 Å². The summed E-state index contributed by atoms with van der Waals surface area (Å²) in [7, 11) is -2.15. The number of ether oxygens (including phenoxy) is 1. The molecule has 0 unspecified atom stereocenters. The van der Waals surface area contributed by atoms with Crippen molar-refractivity contribution in [3.8, 4) is 5.75 Å². The van der Waals surface area contributed by atoms with E-state index < -0.39 is 22.0 Å². The molecule has 0 aromatic heterocycles. The number of benzene rings is 2. The van der Waals surface area contributed by atoms with Gasteiger partial charge in [-0.25, -0.2) is 8.42 Å². The molecule has 0 heterocycles. The number of sulfonamides is 1. The number of rotatable bonds is 8. The van der Waals surface area contributed by atoms with Gasteiger partial charge in [-0.05, 0) is 49.6 Å². The molecule has 0 saturated carbocycles. The van der Waals surface area contributed by atoms with Crippen molar-refractivity contribution in [1.82, 2.24) is 9.62 Å². The van der Waals surface area contributed by atoms with E-state index >= 15 is 0 Å². The lowest BCUT2D eigenvalue weighted by Crippen LogP contribution is -2.45. The van der Waals surface area contributed by atoms with E-state index in [0.29, 0.717) is 5.56 Å². The SMILES string of the molecule is Cc1ccc(OC[C@@H](C)NC(=O)[C@@H](c2ccccc2)N(C)S(C)(=O)=O)cc1C. The van der Waals surface area contributed by atoms with Crippen LogP contribution in [0.15, 0.2) is 48.5 Å². The maximum Gasteiger partial charge on any atom is 0.243 e. The predicted octanol–water partition coefficient (Wildman–Crippen LogP) is 2.82. The van der Waals surface area contributed by atoms with Crippen LogP contribution in [0.1, 0.15) is 29.7 Å². The average molecular weight is 405 g/mol. The second-order valence-corrected chi connectivity index (χ2v) is 9.10. The number of carbonyl (C=O) groups excluding carboxylic acids is 1. The van der Waals surface area contributed by atoms with E-state index in [1.54, 1.807) is 24.3 Å². The van der Waals surface area contributed by atoms with E-state index in [-0.39, 0.29) is 12.6 Å². The first-order valence-corrected chi connectivity index (χ1v) is 10.9. The Bertz CT molecular complexity index is 913. The van der Waals surface area contributed by atoms with Gasteiger partial charge in [-0.1, -0.05) is 36.4 Å². The first kappa shape index (κ1) is 21.9. The Hall–Kier alpha value is -2.38. The zero-order valence-corrected chi connectivity index (χ0v) is 17.8. The van der Waals surface area contributed by atoms with E-state index in [0.717, 1.165) is 21.9 Å². The minimum Gasteiger partial charge on any atom is -0.491 e. The van der Waals surface area contributed by atoms with Gasteiger partial charge in [0.15, 0.2) is 0 Å². The van der Waals surface area contributed by atoms with E-state index in [2.05, 4.69) is 5.32 Å². The van der Waals surface area contributed by atoms with Crippen LogP contribution in [0, 0.1) is 13.8 Å². The zero-order chi connectivity index (χ0) is 20.9. The van der Waals surface area contributed by atoms with Crippen LogP contribution in [0.4, 0.5) is 0 Å². The quantitative estimate of drug-likeness (QED) is 0.734. The number of carbonyl (C=O) groups is 1. The summed E-state index contributed by atoms with van der Waals surface area (Å²) in [6, 6.07) is 13.4. The highest BCUT2D eigenvalue weighted by molar-refractivity contribution is 7.88. The topological polar surface area (TPSA) is 75.7 Å². The molecule has 6 nitrogen and oxygen atoms in total. The van der Waals surface area contributed by atoms with E-state index in [1.807, 2.05) is 45.0 Å². The van der Waals surface area contributed by atoms with Crippen LogP contribution in [0.5, 0.6) is 5.75 Å². The Morgan fingerprint density at radius 3 is 2.32 bits per heavy atom. The number of hydrogen-bond acceptors (Lipinski definition) is 4. The molecular formula is C21H28N2O4S. The molecule has 1 amide bonds. The molecule has 0 aliphatic heterocycles. The highest BCUT2D eigenvalue weighted by Gasteiger charge is 2.31. The lowest BCUT2D eigenvalue weighted by Gasteiger charge is -2.27. The largest absolute Gasteiger partial charge is 0.491 e. The molecule has 0 saturated heterocycles. The Labute approximate surface area is 167 Å². The number of likely N-dealkylation sites (N-methyl/N-ethyl adjacent to an activating group) is 1. The first-order valence-electron chi connectivity index (χ1n) is 9.08. The molecule has 1 N–H and O–H groups in total. The van der Waals surface area contributed by atoms with Crippen LogP contribution in [0.25, 0.3) is 0 Å². The molecule has 0 bridgehead atoms. The highest BCUT2D eigenvalue weighted by Crippen LogP contribution is 2.22. The summed E-state index contributed by atoms with van der Waals surface area (Å²) in [4.78, 5) is 12.9. The highest BCUT2D eigenvalue weighted by atomic mass is 32.2. The van der Waals surface area contributed by atoms with Gasteiger partial charge < -0.3 is 10.1 Å². The maximum absolute atomic E-state index is 12.9. The van der Waals surface area contributed by atoms with E-state index in [4.69, 9.17) is 4.74 Å². The van der Waals surface area contributed by atoms with Gasteiger partial charge in [0.2, 0.25) is 15.9 Å². The molecule has 0 fully saturated rings. The van der Waals surface area contributed by atoms with Crippen LogP contribution in [-0.2, 0) is 14.8 Å². The van der Waals surface area contributed by atoms with Crippen LogP contribution in [0.3, 0.4) is 0 Å².